The zero-order valence-electron chi connectivity index (χ0n) is 12.1. The molecule has 0 atom stereocenters. The number of amides is 1. The Morgan fingerprint density at radius 2 is 2.09 bits per heavy atom. The fourth-order valence-electron chi connectivity index (χ4n) is 2.29. The van der Waals surface area contributed by atoms with E-state index in [1.165, 1.54) is 22.7 Å². The lowest BCUT2D eigenvalue weighted by atomic mass is 10.3. The van der Waals surface area contributed by atoms with Gasteiger partial charge in [0, 0.05) is 5.39 Å². The molecule has 4 aromatic rings. The molecular weight excluding hydrogens is 330 g/mol. The molecule has 3 aromatic heterocycles. The van der Waals surface area contributed by atoms with Crippen LogP contribution in [-0.4, -0.2) is 25.9 Å². The fourth-order valence-corrected chi connectivity index (χ4v) is 3.81. The van der Waals surface area contributed by atoms with Gasteiger partial charge in [0.15, 0.2) is 0 Å². The normalized spacial score (nSPS) is 11.0. The van der Waals surface area contributed by atoms with Crippen molar-refractivity contribution in [2.45, 2.75) is 6.92 Å². The van der Waals surface area contributed by atoms with Crippen LogP contribution >= 0.6 is 22.7 Å². The molecule has 0 aliphatic carbocycles. The Kier molecular flexibility index (Phi) is 3.40. The first-order chi connectivity index (χ1) is 11.2. The van der Waals surface area contributed by atoms with Crippen molar-refractivity contribution in [2.24, 2.45) is 0 Å². The summed E-state index contributed by atoms with van der Waals surface area (Å²) in [4.78, 5) is 13.9. The average Bonchev–Trinajstić information content (AvgIpc) is 3.27. The Labute approximate surface area is 139 Å². The number of hydrogen-bond acceptors (Lipinski definition) is 6. The van der Waals surface area contributed by atoms with Gasteiger partial charge in [-0.25, -0.2) is 4.68 Å². The highest BCUT2D eigenvalue weighted by molar-refractivity contribution is 7.20. The first-order valence-electron chi connectivity index (χ1n) is 6.84. The first kappa shape index (κ1) is 14.0. The van der Waals surface area contributed by atoms with E-state index in [2.05, 4.69) is 20.6 Å². The molecule has 0 radical (unpaired) electrons. The predicted molar refractivity (Wildman–Crippen MR) is 91.5 cm³/mol. The van der Waals surface area contributed by atoms with Crippen molar-refractivity contribution < 1.29 is 4.79 Å². The Morgan fingerprint density at radius 1 is 1.26 bits per heavy atom. The summed E-state index contributed by atoms with van der Waals surface area (Å²) < 4.78 is 1.87. The standard InChI is InChI=1S/C15H11N5OS2/c1-9-11-7-12(13(21)17-15-18-16-8-22-15)23-14(11)20(19-9)10-5-3-2-4-6-10/h2-8H,1H3,(H,17,18,21). The number of anilines is 1. The SMILES string of the molecule is Cc1nn(-c2ccccc2)c2sc(C(=O)Nc3nncs3)cc12. The van der Waals surface area contributed by atoms with Crippen molar-refractivity contribution in [3.63, 3.8) is 0 Å². The Hall–Kier alpha value is -2.58. The van der Waals surface area contributed by atoms with Gasteiger partial charge >= 0.3 is 0 Å². The summed E-state index contributed by atoms with van der Waals surface area (Å²) in [6, 6.07) is 11.8. The number of thiophene rings is 1. The van der Waals surface area contributed by atoms with Crippen LogP contribution in [0.15, 0.2) is 41.9 Å². The van der Waals surface area contributed by atoms with Crippen molar-refractivity contribution in [1.29, 1.82) is 0 Å². The number of aryl methyl sites for hydroxylation is 1. The molecule has 0 unspecified atom stereocenters. The second kappa shape index (κ2) is 5.56. The molecule has 0 aliphatic rings. The van der Waals surface area contributed by atoms with Crippen LogP contribution in [0.1, 0.15) is 15.4 Å². The molecule has 1 N–H and O–H groups in total. The molecule has 0 spiro atoms. The Balaban J connectivity index is 1.75. The van der Waals surface area contributed by atoms with Crippen LogP contribution in [0.4, 0.5) is 5.13 Å². The highest BCUT2D eigenvalue weighted by Crippen LogP contribution is 2.30. The lowest BCUT2D eigenvalue weighted by molar-refractivity contribution is 0.103. The quantitative estimate of drug-likeness (QED) is 0.619. The summed E-state index contributed by atoms with van der Waals surface area (Å²) in [5, 5.41) is 16.3. The average molecular weight is 341 g/mol. The number of fused-ring (bicyclic) bond motifs is 1. The van der Waals surface area contributed by atoms with E-state index in [1.54, 1.807) is 5.51 Å². The molecule has 0 saturated heterocycles. The predicted octanol–water partition coefficient (Wildman–Crippen LogP) is 3.50. The van der Waals surface area contributed by atoms with E-state index in [4.69, 9.17) is 0 Å². The van der Waals surface area contributed by atoms with Gasteiger partial charge in [0.2, 0.25) is 5.13 Å². The minimum Gasteiger partial charge on any atom is -0.296 e. The lowest BCUT2D eigenvalue weighted by Gasteiger charge is -2.01. The molecule has 0 fully saturated rings. The number of para-hydroxylation sites is 1. The van der Waals surface area contributed by atoms with Gasteiger partial charge in [0.05, 0.1) is 16.3 Å². The van der Waals surface area contributed by atoms with Crippen LogP contribution in [-0.2, 0) is 0 Å². The van der Waals surface area contributed by atoms with Gasteiger partial charge in [-0.15, -0.1) is 21.5 Å². The van der Waals surface area contributed by atoms with Gasteiger partial charge in [0.25, 0.3) is 5.91 Å². The maximum absolute atomic E-state index is 12.3. The van der Waals surface area contributed by atoms with E-state index >= 15 is 0 Å². The van der Waals surface area contributed by atoms with Crippen LogP contribution in [0, 0.1) is 6.92 Å². The first-order valence-corrected chi connectivity index (χ1v) is 8.54. The van der Waals surface area contributed by atoms with Crippen molar-refractivity contribution >= 4 is 43.9 Å². The summed E-state index contributed by atoms with van der Waals surface area (Å²) in [6.07, 6.45) is 0. The van der Waals surface area contributed by atoms with Gasteiger partial charge in [0.1, 0.15) is 10.3 Å². The Morgan fingerprint density at radius 3 is 2.83 bits per heavy atom. The fraction of sp³-hybridized carbons (Fsp3) is 0.0667. The van der Waals surface area contributed by atoms with E-state index in [0.29, 0.717) is 10.0 Å². The zero-order chi connectivity index (χ0) is 15.8. The topological polar surface area (TPSA) is 72.7 Å². The maximum atomic E-state index is 12.3. The number of carbonyl (C=O) groups is 1. The summed E-state index contributed by atoms with van der Waals surface area (Å²) in [7, 11) is 0. The van der Waals surface area contributed by atoms with E-state index in [-0.39, 0.29) is 5.91 Å². The van der Waals surface area contributed by atoms with Gasteiger partial charge in [-0.05, 0) is 25.1 Å². The molecule has 0 bridgehead atoms. The van der Waals surface area contributed by atoms with E-state index in [1.807, 2.05) is 48.0 Å². The summed E-state index contributed by atoms with van der Waals surface area (Å²) in [5.41, 5.74) is 3.46. The number of nitrogens with one attached hydrogen (secondary N) is 1. The molecule has 4 rings (SSSR count). The molecule has 8 heteroatoms. The third-order valence-electron chi connectivity index (χ3n) is 3.35. The van der Waals surface area contributed by atoms with E-state index in [9.17, 15) is 4.79 Å². The van der Waals surface area contributed by atoms with E-state index in [0.717, 1.165) is 21.6 Å². The smallest absolute Gasteiger partial charge is 0.267 e. The molecule has 114 valence electrons. The molecule has 1 amide bonds. The van der Waals surface area contributed by atoms with Crippen LogP contribution in [0.5, 0.6) is 0 Å². The van der Waals surface area contributed by atoms with Crippen molar-refractivity contribution in [1.82, 2.24) is 20.0 Å². The molecule has 1 aromatic carbocycles. The largest absolute Gasteiger partial charge is 0.296 e. The molecule has 6 nitrogen and oxygen atoms in total. The zero-order valence-corrected chi connectivity index (χ0v) is 13.7. The number of benzene rings is 1. The van der Waals surface area contributed by atoms with Gasteiger partial charge in [-0.2, -0.15) is 5.10 Å². The molecule has 0 aliphatic heterocycles. The van der Waals surface area contributed by atoms with Crippen LogP contribution in [0.3, 0.4) is 0 Å². The van der Waals surface area contributed by atoms with Gasteiger partial charge < -0.3 is 0 Å². The maximum Gasteiger partial charge on any atom is 0.267 e. The van der Waals surface area contributed by atoms with Crippen LogP contribution < -0.4 is 5.32 Å². The van der Waals surface area contributed by atoms with Crippen molar-refractivity contribution in [3.05, 3.63) is 52.5 Å². The Bertz CT molecular complexity index is 972. The van der Waals surface area contributed by atoms with Gasteiger partial charge in [-0.3, -0.25) is 10.1 Å². The molecule has 23 heavy (non-hydrogen) atoms. The van der Waals surface area contributed by atoms with Crippen molar-refractivity contribution in [2.75, 3.05) is 5.32 Å². The number of rotatable bonds is 3. The molecule has 3 heterocycles. The minimum atomic E-state index is -0.179. The van der Waals surface area contributed by atoms with Crippen LogP contribution in [0.2, 0.25) is 0 Å². The molecular formula is C15H11N5OS2. The third-order valence-corrected chi connectivity index (χ3v) is 5.07. The second-order valence-corrected chi connectivity index (χ2v) is 6.72. The highest BCUT2D eigenvalue weighted by Gasteiger charge is 2.17. The number of aromatic nitrogens is 4. The summed E-state index contributed by atoms with van der Waals surface area (Å²) >= 11 is 2.71. The number of carbonyl (C=O) groups excluding carboxylic acids is 1. The number of hydrogen-bond donors (Lipinski definition) is 1. The van der Waals surface area contributed by atoms with Gasteiger partial charge in [-0.1, -0.05) is 29.5 Å². The lowest BCUT2D eigenvalue weighted by Crippen LogP contribution is -2.09. The molecule has 0 saturated carbocycles. The summed E-state index contributed by atoms with van der Waals surface area (Å²) in [5.74, 6) is -0.179. The summed E-state index contributed by atoms with van der Waals surface area (Å²) in [6.45, 7) is 1.95. The number of nitrogens with zero attached hydrogens (tertiary/aromatic N) is 4. The minimum absolute atomic E-state index is 0.179. The monoisotopic (exact) mass is 341 g/mol. The van der Waals surface area contributed by atoms with Crippen LogP contribution in [0.25, 0.3) is 15.9 Å². The second-order valence-electron chi connectivity index (χ2n) is 4.86. The third kappa shape index (κ3) is 2.51. The highest BCUT2D eigenvalue weighted by atomic mass is 32.1. The van der Waals surface area contributed by atoms with E-state index < -0.39 is 0 Å². The van der Waals surface area contributed by atoms with Crippen molar-refractivity contribution in [3.8, 4) is 5.69 Å².